The molecule has 1 aromatic heterocycles. The van der Waals surface area contributed by atoms with Crippen molar-refractivity contribution in [3.8, 4) is 0 Å². The van der Waals surface area contributed by atoms with Crippen LogP contribution < -0.4 is 0 Å². The van der Waals surface area contributed by atoms with Crippen LogP contribution in [0, 0.1) is 6.92 Å². The zero-order valence-corrected chi connectivity index (χ0v) is 8.63. The smallest absolute Gasteiger partial charge is 0.197 e. The van der Waals surface area contributed by atoms with Crippen LogP contribution in [0.1, 0.15) is 36.6 Å². The van der Waals surface area contributed by atoms with Crippen LogP contribution in [0.4, 0.5) is 0 Å². The minimum Gasteiger partial charge on any atom is -0.228 e. The number of aryl methyl sites for hydroxylation is 1. The lowest BCUT2D eigenvalue weighted by molar-refractivity contribution is 0.409. The van der Waals surface area contributed by atoms with E-state index in [-0.39, 0.29) is 0 Å². The van der Waals surface area contributed by atoms with Crippen LogP contribution in [0.5, 0.6) is 0 Å². The van der Waals surface area contributed by atoms with Crippen LogP contribution in [-0.4, -0.2) is 9.97 Å². The standard InChI is InChI=1S/C9H11BrN2/c1-6-5-8(7-3-2-4-7)12-9(10)11-6/h5,7H,2-4H2,1H3. The monoisotopic (exact) mass is 226 g/mol. The van der Waals surface area contributed by atoms with Gasteiger partial charge in [0.1, 0.15) is 0 Å². The zero-order valence-electron chi connectivity index (χ0n) is 7.05. The molecule has 0 radical (unpaired) electrons. The minimum atomic E-state index is 0.697. The lowest BCUT2D eigenvalue weighted by atomic mass is 9.83. The fraction of sp³-hybridized carbons (Fsp3) is 0.556. The van der Waals surface area contributed by atoms with Crippen molar-refractivity contribution in [2.45, 2.75) is 32.1 Å². The quantitative estimate of drug-likeness (QED) is 0.689. The molecule has 0 aliphatic heterocycles. The highest BCUT2D eigenvalue weighted by Gasteiger charge is 2.21. The van der Waals surface area contributed by atoms with Gasteiger partial charge in [0.2, 0.25) is 0 Å². The van der Waals surface area contributed by atoms with E-state index < -0.39 is 0 Å². The lowest BCUT2D eigenvalue weighted by Crippen LogP contribution is -2.11. The maximum atomic E-state index is 4.36. The SMILES string of the molecule is Cc1cc(C2CCC2)nc(Br)n1. The summed E-state index contributed by atoms with van der Waals surface area (Å²) in [5.41, 5.74) is 2.26. The molecule has 1 fully saturated rings. The van der Waals surface area contributed by atoms with Crippen LogP contribution in [0.15, 0.2) is 10.8 Å². The van der Waals surface area contributed by atoms with E-state index in [2.05, 4.69) is 32.0 Å². The first kappa shape index (κ1) is 8.17. The topological polar surface area (TPSA) is 25.8 Å². The number of rotatable bonds is 1. The first-order valence-corrected chi connectivity index (χ1v) is 5.06. The molecule has 0 unspecified atom stereocenters. The van der Waals surface area contributed by atoms with E-state index in [1.807, 2.05) is 6.92 Å². The van der Waals surface area contributed by atoms with E-state index in [4.69, 9.17) is 0 Å². The normalized spacial score (nSPS) is 17.5. The van der Waals surface area contributed by atoms with Gasteiger partial charge in [0.05, 0.1) is 0 Å². The second-order valence-corrected chi connectivity index (χ2v) is 4.04. The number of halogens is 1. The molecular formula is C9H11BrN2. The van der Waals surface area contributed by atoms with Crippen molar-refractivity contribution in [2.24, 2.45) is 0 Å². The molecule has 1 aliphatic carbocycles. The van der Waals surface area contributed by atoms with Crippen LogP contribution in [-0.2, 0) is 0 Å². The Morgan fingerprint density at radius 2 is 2.17 bits per heavy atom. The molecule has 2 rings (SSSR count). The minimum absolute atomic E-state index is 0.697. The summed E-state index contributed by atoms with van der Waals surface area (Å²) in [5.74, 6) is 0.697. The molecule has 0 amide bonds. The van der Waals surface area contributed by atoms with Crippen molar-refractivity contribution in [2.75, 3.05) is 0 Å². The predicted octanol–water partition coefficient (Wildman–Crippen LogP) is 2.82. The van der Waals surface area contributed by atoms with Gasteiger partial charge < -0.3 is 0 Å². The van der Waals surface area contributed by atoms with Gasteiger partial charge in [0, 0.05) is 17.3 Å². The maximum absolute atomic E-state index is 4.36. The molecule has 1 aliphatic rings. The lowest BCUT2D eigenvalue weighted by Gasteiger charge is -2.24. The number of aromatic nitrogens is 2. The third-order valence-corrected chi connectivity index (χ3v) is 2.72. The Balaban J connectivity index is 2.30. The van der Waals surface area contributed by atoms with Crippen LogP contribution in [0.2, 0.25) is 0 Å². The summed E-state index contributed by atoms with van der Waals surface area (Å²) in [6.45, 7) is 2.01. The second-order valence-electron chi connectivity index (χ2n) is 3.33. The van der Waals surface area contributed by atoms with Gasteiger partial charge in [-0.2, -0.15) is 0 Å². The molecule has 1 saturated carbocycles. The molecule has 0 atom stereocenters. The highest BCUT2D eigenvalue weighted by molar-refractivity contribution is 9.10. The molecule has 0 aromatic carbocycles. The molecule has 1 heterocycles. The van der Waals surface area contributed by atoms with Crippen LogP contribution in [0.3, 0.4) is 0 Å². The van der Waals surface area contributed by atoms with Crippen molar-refractivity contribution in [1.29, 1.82) is 0 Å². The van der Waals surface area contributed by atoms with Crippen LogP contribution >= 0.6 is 15.9 Å². The Labute approximate surface area is 80.6 Å². The summed E-state index contributed by atoms with van der Waals surface area (Å²) in [5, 5.41) is 0. The Hall–Kier alpha value is -0.440. The number of hydrogen-bond acceptors (Lipinski definition) is 2. The van der Waals surface area contributed by atoms with Gasteiger partial charge in [-0.3, -0.25) is 0 Å². The molecule has 0 saturated heterocycles. The number of nitrogens with zero attached hydrogens (tertiary/aromatic N) is 2. The van der Waals surface area contributed by atoms with Crippen molar-refractivity contribution < 1.29 is 0 Å². The number of hydrogen-bond donors (Lipinski definition) is 0. The Morgan fingerprint density at radius 1 is 1.42 bits per heavy atom. The molecular weight excluding hydrogens is 216 g/mol. The highest BCUT2D eigenvalue weighted by atomic mass is 79.9. The molecule has 0 N–H and O–H groups in total. The van der Waals surface area contributed by atoms with Crippen molar-refractivity contribution in [3.63, 3.8) is 0 Å². The summed E-state index contributed by atoms with van der Waals surface area (Å²) >= 11 is 3.31. The van der Waals surface area contributed by atoms with E-state index in [1.165, 1.54) is 25.0 Å². The summed E-state index contributed by atoms with van der Waals surface area (Å²) in [7, 11) is 0. The van der Waals surface area contributed by atoms with Gasteiger partial charge in [0.15, 0.2) is 4.73 Å². The largest absolute Gasteiger partial charge is 0.228 e. The highest BCUT2D eigenvalue weighted by Crippen LogP contribution is 2.35. The third-order valence-electron chi connectivity index (χ3n) is 2.37. The molecule has 2 nitrogen and oxygen atoms in total. The van der Waals surface area contributed by atoms with Gasteiger partial charge in [-0.1, -0.05) is 6.42 Å². The van der Waals surface area contributed by atoms with E-state index in [0.717, 1.165) is 10.4 Å². The Kier molecular flexibility index (Phi) is 2.13. The van der Waals surface area contributed by atoms with E-state index in [1.54, 1.807) is 0 Å². The van der Waals surface area contributed by atoms with Crippen molar-refractivity contribution in [3.05, 3.63) is 22.2 Å². The molecule has 0 spiro atoms. The fourth-order valence-corrected chi connectivity index (χ4v) is 1.95. The van der Waals surface area contributed by atoms with Gasteiger partial charge in [0.25, 0.3) is 0 Å². The average Bonchev–Trinajstić information content (AvgIpc) is 1.79. The first-order chi connectivity index (χ1) is 5.75. The van der Waals surface area contributed by atoms with Crippen molar-refractivity contribution >= 4 is 15.9 Å². The second kappa shape index (κ2) is 3.13. The third kappa shape index (κ3) is 1.51. The van der Waals surface area contributed by atoms with Gasteiger partial charge >= 0.3 is 0 Å². The Bertz CT molecular complexity index is 274. The summed E-state index contributed by atoms with van der Waals surface area (Å²) in [6.07, 6.45) is 3.94. The van der Waals surface area contributed by atoms with Gasteiger partial charge in [-0.15, -0.1) is 0 Å². The van der Waals surface area contributed by atoms with E-state index in [9.17, 15) is 0 Å². The fourth-order valence-electron chi connectivity index (χ4n) is 1.47. The zero-order chi connectivity index (χ0) is 8.55. The average molecular weight is 227 g/mol. The summed E-state index contributed by atoms with van der Waals surface area (Å²) in [4.78, 5) is 8.54. The molecule has 1 aromatic rings. The van der Waals surface area contributed by atoms with E-state index in [0.29, 0.717) is 5.92 Å². The maximum Gasteiger partial charge on any atom is 0.197 e. The van der Waals surface area contributed by atoms with Gasteiger partial charge in [-0.25, -0.2) is 9.97 Å². The molecule has 12 heavy (non-hydrogen) atoms. The van der Waals surface area contributed by atoms with E-state index >= 15 is 0 Å². The molecule has 64 valence electrons. The summed E-state index contributed by atoms with van der Waals surface area (Å²) in [6, 6.07) is 2.09. The molecule has 0 bridgehead atoms. The molecule has 3 heteroatoms. The van der Waals surface area contributed by atoms with Crippen LogP contribution in [0.25, 0.3) is 0 Å². The Morgan fingerprint density at radius 3 is 2.67 bits per heavy atom. The van der Waals surface area contributed by atoms with Gasteiger partial charge in [-0.05, 0) is 41.8 Å². The first-order valence-electron chi connectivity index (χ1n) is 4.27. The summed E-state index contributed by atoms with van der Waals surface area (Å²) < 4.78 is 0.726. The predicted molar refractivity (Wildman–Crippen MR) is 51.1 cm³/mol. The van der Waals surface area contributed by atoms with Crippen molar-refractivity contribution in [1.82, 2.24) is 9.97 Å².